The summed E-state index contributed by atoms with van der Waals surface area (Å²) in [6.45, 7) is 2.11. The molecule has 0 aliphatic carbocycles. The van der Waals surface area contributed by atoms with Crippen molar-refractivity contribution in [2.75, 3.05) is 19.3 Å². The normalized spacial score (nSPS) is 18.2. The molecule has 1 N–H and O–H groups in total. The van der Waals surface area contributed by atoms with Crippen LogP contribution in [-0.2, 0) is 15.6 Å². The zero-order valence-corrected chi connectivity index (χ0v) is 11.0. The maximum atomic E-state index is 11.3. The van der Waals surface area contributed by atoms with Crippen molar-refractivity contribution in [1.82, 2.24) is 5.32 Å². The maximum Gasteiger partial charge on any atom is 0.151 e. The predicted molar refractivity (Wildman–Crippen MR) is 69.8 cm³/mol. The maximum absolute atomic E-state index is 11.3. The number of benzene rings is 1. The molecule has 1 aliphatic rings. The second-order valence-corrected chi connectivity index (χ2v) is 6.98. The van der Waals surface area contributed by atoms with Crippen LogP contribution in [0.3, 0.4) is 0 Å². The molecule has 0 atom stereocenters. The summed E-state index contributed by atoms with van der Waals surface area (Å²) in [7, 11) is -2.94. The van der Waals surface area contributed by atoms with Crippen LogP contribution in [0, 0.1) is 0 Å². The molecular formula is C13H19NO2S. The average molecular weight is 253 g/mol. The number of nitrogens with one attached hydrogen (secondary N) is 1. The van der Waals surface area contributed by atoms with Gasteiger partial charge in [-0.2, -0.15) is 0 Å². The molecule has 0 aromatic heterocycles. The van der Waals surface area contributed by atoms with Gasteiger partial charge in [0.05, 0.1) is 5.75 Å². The van der Waals surface area contributed by atoms with E-state index in [4.69, 9.17) is 0 Å². The summed E-state index contributed by atoms with van der Waals surface area (Å²) >= 11 is 0. The minimum Gasteiger partial charge on any atom is -0.317 e. The molecule has 1 saturated heterocycles. The Hall–Kier alpha value is -0.870. The number of hydrogen-bond donors (Lipinski definition) is 1. The van der Waals surface area contributed by atoms with Gasteiger partial charge in [0, 0.05) is 6.26 Å². The Bertz CT molecular complexity index is 476. The largest absolute Gasteiger partial charge is 0.317 e. The van der Waals surface area contributed by atoms with Gasteiger partial charge in [0.15, 0.2) is 9.84 Å². The Morgan fingerprint density at radius 2 is 2.00 bits per heavy atom. The standard InChI is InChI=1S/C13H19NO2S/c1-17(15,16)10-11-3-2-4-13(9-11)12-5-7-14-8-6-12/h2-4,9,12,14H,5-8,10H2,1H3. The van der Waals surface area contributed by atoms with Crippen molar-refractivity contribution in [3.63, 3.8) is 0 Å². The van der Waals surface area contributed by atoms with Crippen LogP contribution in [0.15, 0.2) is 24.3 Å². The molecule has 0 amide bonds. The van der Waals surface area contributed by atoms with Gasteiger partial charge in [0.1, 0.15) is 0 Å². The van der Waals surface area contributed by atoms with Gasteiger partial charge in [-0.25, -0.2) is 8.42 Å². The Morgan fingerprint density at radius 3 is 2.65 bits per heavy atom. The van der Waals surface area contributed by atoms with E-state index in [2.05, 4.69) is 17.4 Å². The van der Waals surface area contributed by atoms with Crippen LogP contribution in [0.5, 0.6) is 0 Å². The van der Waals surface area contributed by atoms with Crippen molar-refractivity contribution in [2.45, 2.75) is 24.5 Å². The molecule has 2 rings (SSSR count). The number of rotatable bonds is 3. The highest BCUT2D eigenvalue weighted by Gasteiger charge is 2.15. The van der Waals surface area contributed by atoms with Crippen molar-refractivity contribution in [1.29, 1.82) is 0 Å². The fourth-order valence-corrected chi connectivity index (χ4v) is 3.18. The summed E-state index contributed by atoms with van der Waals surface area (Å²) in [5, 5.41) is 3.34. The fourth-order valence-electron chi connectivity index (χ4n) is 2.39. The summed E-state index contributed by atoms with van der Waals surface area (Å²) in [5.74, 6) is 0.724. The smallest absolute Gasteiger partial charge is 0.151 e. The van der Waals surface area contributed by atoms with Crippen molar-refractivity contribution < 1.29 is 8.42 Å². The molecule has 4 heteroatoms. The second kappa shape index (κ2) is 5.19. The first-order valence-corrected chi connectivity index (χ1v) is 8.08. The lowest BCUT2D eigenvalue weighted by molar-refractivity contribution is 0.460. The van der Waals surface area contributed by atoms with Crippen molar-refractivity contribution in [3.8, 4) is 0 Å². The SMILES string of the molecule is CS(=O)(=O)Cc1cccc(C2CCNCC2)c1. The predicted octanol–water partition coefficient (Wildman–Crippen LogP) is 1.70. The summed E-state index contributed by atoms with van der Waals surface area (Å²) in [6.07, 6.45) is 3.56. The molecule has 0 unspecified atom stereocenters. The fraction of sp³-hybridized carbons (Fsp3) is 0.538. The number of piperidine rings is 1. The Balaban J connectivity index is 2.16. The third-order valence-electron chi connectivity index (χ3n) is 3.19. The van der Waals surface area contributed by atoms with Crippen LogP contribution in [0.4, 0.5) is 0 Å². The van der Waals surface area contributed by atoms with E-state index in [9.17, 15) is 8.42 Å². The highest BCUT2D eigenvalue weighted by molar-refractivity contribution is 7.89. The number of sulfone groups is 1. The van der Waals surface area contributed by atoms with Gasteiger partial charge < -0.3 is 5.32 Å². The summed E-state index contributed by atoms with van der Waals surface area (Å²) in [4.78, 5) is 0. The van der Waals surface area contributed by atoms with Gasteiger partial charge in [-0.05, 0) is 43.0 Å². The lowest BCUT2D eigenvalue weighted by atomic mass is 9.89. The molecule has 1 heterocycles. The van der Waals surface area contributed by atoms with Gasteiger partial charge >= 0.3 is 0 Å². The highest BCUT2D eigenvalue weighted by Crippen LogP contribution is 2.26. The summed E-state index contributed by atoms with van der Waals surface area (Å²) in [6, 6.07) is 8.03. The summed E-state index contributed by atoms with van der Waals surface area (Å²) in [5.41, 5.74) is 2.19. The van der Waals surface area contributed by atoms with Gasteiger partial charge in [0.2, 0.25) is 0 Å². The molecule has 94 valence electrons. The topological polar surface area (TPSA) is 46.2 Å². The molecule has 1 aromatic rings. The first-order valence-electron chi connectivity index (χ1n) is 6.02. The quantitative estimate of drug-likeness (QED) is 0.892. The Kier molecular flexibility index (Phi) is 3.84. The first kappa shape index (κ1) is 12.6. The average Bonchev–Trinajstić information content (AvgIpc) is 2.28. The van der Waals surface area contributed by atoms with Gasteiger partial charge in [-0.15, -0.1) is 0 Å². The van der Waals surface area contributed by atoms with E-state index in [1.165, 1.54) is 11.8 Å². The van der Waals surface area contributed by atoms with E-state index in [1.807, 2.05) is 12.1 Å². The van der Waals surface area contributed by atoms with Crippen LogP contribution in [0.25, 0.3) is 0 Å². The molecule has 1 aliphatic heterocycles. The molecule has 0 saturated carbocycles. The van der Waals surface area contributed by atoms with E-state index in [-0.39, 0.29) is 5.75 Å². The minimum atomic E-state index is -2.94. The summed E-state index contributed by atoms with van der Waals surface area (Å²) < 4.78 is 22.6. The Morgan fingerprint density at radius 1 is 1.29 bits per heavy atom. The van der Waals surface area contributed by atoms with Crippen LogP contribution >= 0.6 is 0 Å². The molecular weight excluding hydrogens is 234 g/mol. The lowest BCUT2D eigenvalue weighted by Gasteiger charge is -2.23. The van der Waals surface area contributed by atoms with Gasteiger partial charge in [-0.1, -0.05) is 24.3 Å². The lowest BCUT2D eigenvalue weighted by Crippen LogP contribution is -2.26. The zero-order chi connectivity index (χ0) is 12.3. The van der Waals surface area contributed by atoms with E-state index in [0.29, 0.717) is 5.92 Å². The monoisotopic (exact) mass is 253 g/mol. The molecule has 1 aromatic carbocycles. The van der Waals surface area contributed by atoms with Crippen molar-refractivity contribution >= 4 is 9.84 Å². The molecule has 0 spiro atoms. The van der Waals surface area contributed by atoms with Crippen LogP contribution in [0.2, 0.25) is 0 Å². The Labute approximate surface area is 103 Å². The highest BCUT2D eigenvalue weighted by atomic mass is 32.2. The minimum absolute atomic E-state index is 0.145. The van der Waals surface area contributed by atoms with Crippen molar-refractivity contribution in [3.05, 3.63) is 35.4 Å². The van der Waals surface area contributed by atoms with Crippen molar-refractivity contribution in [2.24, 2.45) is 0 Å². The van der Waals surface area contributed by atoms with E-state index < -0.39 is 9.84 Å². The van der Waals surface area contributed by atoms with Gasteiger partial charge in [-0.3, -0.25) is 0 Å². The van der Waals surface area contributed by atoms with Gasteiger partial charge in [0.25, 0.3) is 0 Å². The second-order valence-electron chi connectivity index (χ2n) is 4.84. The molecule has 1 fully saturated rings. The van der Waals surface area contributed by atoms with Crippen LogP contribution in [0.1, 0.15) is 29.9 Å². The van der Waals surface area contributed by atoms with E-state index in [0.717, 1.165) is 31.5 Å². The molecule has 3 nitrogen and oxygen atoms in total. The first-order chi connectivity index (χ1) is 8.04. The van der Waals surface area contributed by atoms with E-state index in [1.54, 1.807) is 0 Å². The molecule has 17 heavy (non-hydrogen) atoms. The number of hydrogen-bond acceptors (Lipinski definition) is 3. The zero-order valence-electron chi connectivity index (χ0n) is 10.1. The molecule has 0 radical (unpaired) electrons. The third-order valence-corrected chi connectivity index (χ3v) is 4.05. The van der Waals surface area contributed by atoms with E-state index >= 15 is 0 Å². The van der Waals surface area contributed by atoms with Crippen LogP contribution < -0.4 is 5.32 Å². The van der Waals surface area contributed by atoms with Crippen LogP contribution in [-0.4, -0.2) is 27.8 Å². The third kappa shape index (κ3) is 3.82. The molecule has 0 bridgehead atoms.